The van der Waals surface area contributed by atoms with Gasteiger partial charge in [0.05, 0.1) is 24.9 Å². The molecule has 1 aliphatic rings. The number of rotatable bonds is 5. The van der Waals surface area contributed by atoms with Crippen LogP contribution < -0.4 is 20.5 Å². The molecule has 26 heavy (non-hydrogen) atoms. The Hall–Kier alpha value is -2.60. The van der Waals surface area contributed by atoms with Crippen LogP contribution in [-0.4, -0.2) is 23.5 Å². The van der Waals surface area contributed by atoms with E-state index in [9.17, 15) is 4.79 Å². The summed E-state index contributed by atoms with van der Waals surface area (Å²) < 4.78 is 10.8. The molecule has 2 aromatic rings. The van der Waals surface area contributed by atoms with Gasteiger partial charge in [0.15, 0.2) is 0 Å². The molecule has 6 nitrogen and oxygen atoms in total. The number of hydrogen-bond donors (Lipinski definition) is 2. The molecule has 0 spiro atoms. The summed E-state index contributed by atoms with van der Waals surface area (Å²) in [6, 6.07) is 10.8. The summed E-state index contributed by atoms with van der Waals surface area (Å²) in [5, 5.41) is 2.92. The third kappa shape index (κ3) is 4.32. The summed E-state index contributed by atoms with van der Waals surface area (Å²) in [5.74, 6) is 1.66. The van der Waals surface area contributed by atoms with Crippen LogP contribution in [0.25, 0.3) is 0 Å². The number of amides is 1. The summed E-state index contributed by atoms with van der Waals surface area (Å²) in [6.45, 7) is 1.96. The van der Waals surface area contributed by atoms with Crippen LogP contribution in [0.5, 0.6) is 17.4 Å². The van der Waals surface area contributed by atoms with Crippen molar-refractivity contribution in [2.24, 2.45) is 11.7 Å². The Balaban J connectivity index is 1.61. The molecule has 1 aliphatic carbocycles. The molecule has 2 atom stereocenters. The van der Waals surface area contributed by atoms with E-state index >= 15 is 0 Å². The van der Waals surface area contributed by atoms with Gasteiger partial charge in [0, 0.05) is 11.6 Å². The second-order valence-corrected chi connectivity index (χ2v) is 6.96. The molecule has 0 saturated heterocycles. The molecule has 1 fully saturated rings. The molecule has 0 bridgehead atoms. The Morgan fingerprint density at radius 2 is 1.92 bits per heavy atom. The molecule has 3 rings (SSSR count). The standard InChI is InChI=1S/C20H25N3O3/c1-20(21)12-4-3-5-17(20)19(24)23-14-6-11-18(22-13-14)26-16-9-7-15(25-2)8-10-16/h6-11,13,17H,3-5,12,21H2,1-2H3,(H,23,24). The average molecular weight is 355 g/mol. The van der Waals surface area contributed by atoms with E-state index in [0.717, 1.165) is 31.4 Å². The second-order valence-electron chi connectivity index (χ2n) is 6.96. The van der Waals surface area contributed by atoms with Gasteiger partial charge in [-0.05, 0) is 50.1 Å². The van der Waals surface area contributed by atoms with E-state index in [-0.39, 0.29) is 11.8 Å². The second kappa shape index (κ2) is 7.74. The van der Waals surface area contributed by atoms with Crippen LogP contribution in [0.1, 0.15) is 32.6 Å². The molecule has 1 aromatic heterocycles. The van der Waals surface area contributed by atoms with Gasteiger partial charge in [-0.15, -0.1) is 0 Å². The van der Waals surface area contributed by atoms with E-state index in [0.29, 0.717) is 17.3 Å². The Kier molecular flexibility index (Phi) is 5.42. The van der Waals surface area contributed by atoms with Crippen molar-refractivity contribution in [2.45, 2.75) is 38.1 Å². The fraction of sp³-hybridized carbons (Fsp3) is 0.400. The third-order valence-corrected chi connectivity index (χ3v) is 4.86. The Labute approximate surface area is 153 Å². The topological polar surface area (TPSA) is 86.5 Å². The van der Waals surface area contributed by atoms with E-state index in [1.165, 1.54) is 0 Å². The highest BCUT2D eigenvalue weighted by atomic mass is 16.5. The molecule has 0 radical (unpaired) electrons. The molecule has 1 saturated carbocycles. The van der Waals surface area contributed by atoms with Gasteiger partial charge in [-0.2, -0.15) is 0 Å². The third-order valence-electron chi connectivity index (χ3n) is 4.86. The smallest absolute Gasteiger partial charge is 0.229 e. The highest BCUT2D eigenvalue weighted by Crippen LogP contribution is 2.32. The van der Waals surface area contributed by atoms with Crippen molar-refractivity contribution in [1.29, 1.82) is 0 Å². The Morgan fingerprint density at radius 1 is 1.19 bits per heavy atom. The summed E-state index contributed by atoms with van der Waals surface area (Å²) in [7, 11) is 1.62. The largest absolute Gasteiger partial charge is 0.497 e. The number of pyridine rings is 1. The minimum Gasteiger partial charge on any atom is -0.497 e. The lowest BCUT2D eigenvalue weighted by atomic mass is 9.74. The van der Waals surface area contributed by atoms with Gasteiger partial charge in [0.25, 0.3) is 0 Å². The van der Waals surface area contributed by atoms with Gasteiger partial charge in [0.2, 0.25) is 11.8 Å². The predicted molar refractivity (Wildman–Crippen MR) is 100 cm³/mol. The molecule has 1 heterocycles. The lowest BCUT2D eigenvalue weighted by Gasteiger charge is -2.37. The summed E-state index contributed by atoms with van der Waals surface area (Å²) in [6.07, 6.45) is 5.41. The lowest BCUT2D eigenvalue weighted by molar-refractivity contribution is -0.122. The van der Waals surface area contributed by atoms with Crippen LogP contribution >= 0.6 is 0 Å². The molecule has 0 aliphatic heterocycles. The first-order chi connectivity index (χ1) is 12.5. The highest BCUT2D eigenvalue weighted by Gasteiger charge is 2.37. The lowest BCUT2D eigenvalue weighted by Crippen LogP contribution is -2.51. The van der Waals surface area contributed by atoms with Crippen LogP contribution in [0, 0.1) is 5.92 Å². The van der Waals surface area contributed by atoms with Crippen molar-refractivity contribution >= 4 is 11.6 Å². The number of hydrogen-bond acceptors (Lipinski definition) is 5. The number of benzene rings is 1. The van der Waals surface area contributed by atoms with Gasteiger partial charge >= 0.3 is 0 Å². The molecule has 1 aromatic carbocycles. The minimum atomic E-state index is -0.451. The quantitative estimate of drug-likeness (QED) is 0.853. The zero-order valence-corrected chi connectivity index (χ0v) is 15.2. The fourth-order valence-electron chi connectivity index (χ4n) is 3.30. The Morgan fingerprint density at radius 3 is 2.54 bits per heavy atom. The summed E-state index contributed by atoms with van der Waals surface area (Å²) in [5.41, 5.74) is 6.49. The van der Waals surface area contributed by atoms with Gasteiger partial charge < -0.3 is 20.5 Å². The maximum Gasteiger partial charge on any atom is 0.229 e. The zero-order chi connectivity index (χ0) is 18.6. The van der Waals surface area contributed by atoms with Crippen LogP contribution in [0.4, 0.5) is 5.69 Å². The molecule has 3 N–H and O–H groups in total. The van der Waals surface area contributed by atoms with Gasteiger partial charge in [-0.1, -0.05) is 12.8 Å². The van der Waals surface area contributed by atoms with E-state index in [1.54, 1.807) is 37.6 Å². The first-order valence-electron chi connectivity index (χ1n) is 8.86. The first-order valence-corrected chi connectivity index (χ1v) is 8.86. The van der Waals surface area contributed by atoms with Crippen molar-refractivity contribution in [3.8, 4) is 17.4 Å². The number of nitrogens with zero attached hydrogens (tertiary/aromatic N) is 1. The van der Waals surface area contributed by atoms with E-state index < -0.39 is 5.54 Å². The van der Waals surface area contributed by atoms with E-state index in [4.69, 9.17) is 15.2 Å². The van der Waals surface area contributed by atoms with Crippen molar-refractivity contribution in [3.05, 3.63) is 42.6 Å². The number of anilines is 1. The van der Waals surface area contributed by atoms with Gasteiger partial charge in [0.1, 0.15) is 11.5 Å². The van der Waals surface area contributed by atoms with Crippen molar-refractivity contribution < 1.29 is 14.3 Å². The summed E-state index contributed by atoms with van der Waals surface area (Å²) >= 11 is 0. The zero-order valence-electron chi connectivity index (χ0n) is 15.2. The monoisotopic (exact) mass is 355 g/mol. The number of nitrogens with two attached hydrogens (primary N) is 1. The van der Waals surface area contributed by atoms with Gasteiger partial charge in [-0.25, -0.2) is 4.98 Å². The first kappa shape index (κ1) is 18.2. The maximum atomic E-state index is 12.6. The molecular weight excluding hydrogens is 330 g/mol. The van der Waals surface area contributed by atoms with Crippen molar-refractivity contribution in [2.75, 3.05) is 12.4 Å². The van der Waals surface area contributed by atoms with Crippen LogP contribution in [0.15, 0.2) is 42.6 Å². The minimum absolute atomic E-state index is 0.0414. The highest BCUT2D eigenvalue weighted by molar-refractivity contribution is 5.93. The number of nitrogens with one attached hydrogen (secondary N) is 1. The summed E-state index contributed by atoms with van der Waals surface area (Å²) in [4.78, 5) is 16.8. The molecular formula is C20H25N3O3. The number of carbonyl (C=O) groups is 1. The van der Waals surface area contributed by atoms with E-state index in [1.807, 2.05) is 19.1 Å². The average Bonchev–Trinajstić information content (AvgIpc) is 2.63. The molecule has 2 unspecified atom stereocenters. The van der Waals surface area contributed by atoms with Crippen molar-refractivity contribution in [3.63, 3.8) is 0 Å². The molecule has 138 valence electrons. The normalized spacial score (nSPS) is 22.5. The predicted octanol–water partition coefficient (Wildman–Crippen LogP) is 3.73. The Bertz CT molecular complexity index is 742. The molecule has 1 amide bonds. The number of ether oxygens (including phenoxy) is 2. The van der Waals surface area contributed by atoms with Crippen LogP contribution in [-0.2, 0) is 4.79 Å². The number of aromatic nitrogens is 1. The maximum absolute atomic E-state index is 12.6. The molecule has 6 heteroatoms. The fourth-order valence-corrected chi connectivity index (χ4v) is 3.30. The SMILES string of the molecule is COc1ccc(Oc2ccc(NC(=O)C3CCCCC3(C)N)cn2)cc1. The van der Waals surface area contributed by atoms with Crippen LogP contribution in [0.3, 0.4) is 0 Å². The van der Waals surface area contributed by atoms with Crippen molar-refractivity contribution in [1.82, 2.24) is 4.98 Å². The van der Waals surface area contributed by atoms with Gasteiger partial charge in [-0.3, -0.25) is 4.79 Å². The number of carbonyl (C=O) groups excluding carboxylic acids is 1. The number of methoxy groups -OCH3 is 1. The van der Waals surface area contributed by atoms with Crippen LogP contribution in [0.2, 0.25) is 0 Å². The van der Waals surface area contributed by atoms with E-state index in [2.05, 4.69) is 10.3 Å².